The van der Waals surface area contributed by atoms with E-state index in [1.807, 2.05) is 0 Å². The molecule has 0 bridgehead atoms. The van der Waals surface area contributed by atoms with E-state index < -0.39 is 11.0 Å². The van der Waals surface area contributed by atoms with E-state index in [0.29, 0.717) is 39.3 Å². The lowest BCUT2D eigenvalue weighted by atomic mass is 10.2. The summed E-state index contributed by atoms with van der Waals surface area (Å²) in [4.78, 5) is 28.2. The molecule has 1 aromatic heterocycles. The third-order valence-electron chi connectivity index (χ3n) is 3.69. The zero-order valence-electron chi connectivity index (χ0n) is 11.2. The summed E-state index contributed by atoms with van der Waals surface area (Å²) in [6.07, 6.45) is 0.376. The molecule has 2 aliphatic heterocycles. The van der Waals surface area contributed by atoms with Gasteiger partial charge in [-0.05, 0) is 4.92 Å². The van der Waals surface area contributed by atoms with Crippen LogP contribution in [-0.2, 0) is 6.54 Å². The van der Waals surface area contributed by atoms with E-state index >= 15 is 0 Å². The van der Waals surface area contributed by atoms with E-state index in [9.17, 15) is 14.9 Å². The Kier molecular flexibility index (Phi) is 3.37. The summed E-state index contributed by atoms with van der Waals surface area (Å²) < 4.78 is 7.23. The molecule has 1 atom stereocenters. The molecular weight excluding hydrogens is 282 g/mol. The van der Waals surface area contributed by atoms with Crippen LogP contribution in [0.3, 0.4) is 0 Å². The van der Waals surface area contributed by atoms with Crippen molar-refractivity contribution >= 4 is 11.9 Å². The summed E-state index contributed by atoms with van der Waals surface area (Å²) in [6.45, 7) is 3.47. The fourth-order valence-electron chi connectivity index (χ4n) is 2.61. The summed E-state index contributed by atoms with van der Waals surface area (Å²) in [7, 11) is 0. The lowest BCUT2D eigenvalue weighted by molar-refractivity contribution is -0.389. The molecule has 3 heterocycles. The molecule has 0 spiro atoms. The van der Waals surface area contributed by atoms with Crippen LogP contribution in [0.4, 0.5) is 10.6 Å². The van der Waals surface area contributed by atoms with E-state index in [1.54, 1.807) is 4.57 Å². The number of nitrogens with zero attached hydrogens (tertiary/aromatic N) is 5. The van der Waals surface area contributed by atoms with Gasteiger partial charge in [-0.3, -0.25) is 9.47 Å². The molecule has 1 fully saturated rings. The van der Waals surface area contributed by atoms with Crippen molar-refractivity contribution in [2.24, 2.45) is 0 Å². The Morgan fingerprint density at radius 1 is 1.48 bits per heavy atom. The van der Waals surface area contributed by atoms with Crippen LogP contribution in [0.15, 0.2) is 6.20 Å². The van der Waals surface area contributed by atoms with Crippen LogP contribution < -0.4 is 4.74 Å². The highest BCUT2D eigenvalue weighted by atomic mass is 16.6. The van der Waals surface area contributed by atoms with Gasteiger partial charge < -0.3 is 24.9 Å². The Bertz CT molecular complexity index is 542. The monoisotopic (exact) mass is 297 g/mol. The summed E-state index contributed by atoms with van der Waals surface area (Å²) in [5, 5.41) is 19.5. The largest absolute Gasteiger partial charge is 0.465 e. The highest BCUT2D eigenvalue weighted by Crippen LogP contribution is 2.25. The molecule has 1 N–H and O–H groups in total. The van der Waals surface area contributed by atoms with Crippen molar-refractivity contribution in [3.8, 4) is 6.01 Å². The topological polar surface area (TPSA) is 114 Å². The Morgan fingerprint density at radius 3 is 2.76 bits per heavy atom. The maximum absolute atomic E-state index is 10.8. The van der Waals surface area contributed by atoms with Gasteiger partial charge >= 0.3 is 17.9 Å². The highest BCUT2D eigenvalue weighted by molar-refractivity contribution is 5.65. The molecular formula is C11H15N5O5. The predicted molar refractivity (Wildman–Crippen MR) is 69.3 cm³/mol. The van der Waals surface area contributed by atoms with Crippen LogP contribution in [0.2, 0.25) is 0 Å². The first-order valence-electron chi connectivity index (χ1n) is 6.61. The molecule has 1 aromatic rings. The molecule has 10 nitrogen and oxygen atoms in total. The summed E-state index contributed by atoms with van der Waals surface area (Å²) in [5.74, 6) is -0.210. The molecule has 1 amide bonds. The first-order chi connectivity index (χ1) is 10.0. The second-order valence-electron chi connectivity index (χ2n) is 5.10. The first kappa shape index (κ1) is 13.6. The molecule has 1 saturated heterocycles. The third kappa shape index (κ3) is 2.75. The number of aromatic nitrogens is 2. The molecule has 0 aromatic carbocycles. The van der Waals surface area contributed by atoms with Crippen molar-refractivity contribution in [1.82, 2.24) is 19.4 Å². The average molecular weight is 297 g/mol. The Morgan fingerprint density at radius 2 is 2.19 bits per heavy atom. The molecule has 0 radical (unpaired) electrons. The number of nitro groups is 1. The SMILES string of the molecule is O=C(O)N1CCN(CC2Cn3cc([N+](=O)[O-])nc3O2)CC1. The van der Waals surface area contributed by atoms with Crippen LogP contribution in [0, 0.1) is 10.1 Å². The van der Waals surface area contributed by atoms with Crippen LogP contribution >= 0.6 is 0 Å². The van der Waals surface area contributed by atoms with Crippen LogP contribution in [-0.4, -0.2) is 74.3 Å². The second-order valence-corrected chi connectivity index (χ2v) is 5.10. The standard InChI is InChI=1S/C11H15N5O5/c17-11(18)14-3-1-13(2-4-14)5-8-6-15-7-9(16(19)20)12-10(15)21-8/h7-8H,1-6H2,(H,17,18). The van der Waals surface area contributed by atoms with E-state index in [0.717, 1.165) is 0 Å². The lowest BCUT2D eigenvalue weighted by Gasteiger charge is -2.33. The zero-order valence-corrected chi connectivity index (χ0v) is 11.2. The molecule has 2 aliphatic rings. The van der Waals surface area contributed by atoms with E-state index in [1.165, 1.54) is 11.1 Å². The van der Waals surface area contributed by atoms with Crippen LogP contribution in [0.5, 0.6) is 6.01 Å². The van der Waals surface area contributed by atoms with Gasteiger partial charge in [0.1, 0.15) is 12.3 Å². The van der Waals surface area contributed by atoms with Crippen molar-refractivity contribution in [3.05, 3.63) is 16.3 Å². The number of imidazole rings is 1. The summed E-state index contributed by atoms with van der Waals surface area (Å²) in [5.41, 5.74) is 0. The number of ether oxygens (including phenoxy) is 1. The number of fused-ring (bicyclic) bond motifs is 1. The third-order valence-corrected chi connectivity index (χ3v) is 3.69. The molecule has 114 valence electrons. The quantitative estimate of drug-likeness (QED) is 0.609. The fourth-order valence-corrected chi connectivity index (χ4v) is 2.61. The van der Waals surface area contributed by atoms with Crippen molar-refractivity contribution < 1.29 is 19.6 Å². The van der Waals surface area contributed by atoms with Gasteiger partial charge in [0, 0.05) is 37.7 Å². The number of hydrogen-bond acceptors (Lipinski definition) is 6. The second kappa shape index (κ2) is 5.20. The van der Waals surface area contributed by atoms with Crippen molar-refractivity contribution in [2.75, 3.05) is 32.7 Å². The molecule has 3 rings (SSSR count). The van der Waals surface area contributed by atoms with Gasteiger partial charge in [0.05, 0.1) is 6.54 Å². The molecule has 0 aliphatic carbocycles. The minimum absolute atomic E-state index is 0.107. The van der Waals surface area contributed by atoms with E-state index in [-0.39, 0.29) is 17.9 Å². The minimum Gasteiger partial charge on any atom is -0.465 e. The first-order valence-corrected chi connectivity index (χ1v) is 6.61. The highest BCUT2D eigenvalue weighted by Gasteiger charge is 2.33. The maximum atomic E-state index is 10.8. The van der Waals surface area contributed by atoms with Gasteiger partial charge in [0.25, 0.3) is 0 Å². The molecule has 1 unspecified atom stereocenters. The van der Waals surface area contributed by atoms with Crippen LogP contribution in [0.1, 0.15) is 0 Å². The number of piperazine rings is 1. The number of amides is 1. The number of rotatable bonds is 3. The Balaban J connectivity index is 1.51. The van der Waals surface area contributed by atoms with Gasteiger partial charge in [0.15, 0.2) is 0 Å². The smallest absolute Gasteiger partial charge is 0.414 e. The van der Waals surface area contributed by atoms with Crippen molar-refractivity contribution in [3.63, 3.8) is 0 Å². The molecule has 21 heavy (non-hydrogen) atoms. The van der Waals surface area contributed by atoms with Gasteiger partial charge in [-0.25, -0.2) is 4.79 Å². The lowest BCUT2D eigenvalue weighted by Crippen LogP contribution is -2.50. The van der Waals surface area contributed by atoms with Crippen molar-refractivity contribution in [1.29, 1.82) is 0 Å². The minimum atomic E-state index is -0.890. The van der Waals surface area contributed by atoms with Crippen LogP contribution in [0.25, 0.3) is 0 Å². The van der Waals surface area contributed by atoms with E-state index in [2.05, 4.69) is 9.88 Å². The van der Waals surface area contributed by atoms with Crippen molar-refractivity contribution in [2.45, 2.75) is 12.6 Å². The zero-order chi connectivity index (χ0) is 15.0. The Labute approximate surface area is 119 Å². The summed E-state index contributed by atoms with van der Waals surface area (Å²) in [6, 6.07) is 0.274. The normalized spacial score (nSPS) is 21.9. The number of hydrogen-bond donors (Lipinski definition) is 1. The van der Waals surface area contributed by atoms with Gasteiger partial charge in [-0.15, -0.1) is 0 Å². The summed E-state index contributed by atoms with van der Waals surface area (Å²) >= 11 is 0. The molecule has 0 saturated carbocycles. The van der Waals surface area contributed by atoms with Gasteiger partial charge in [0.2, 0.25) is 0 Å². The number of carboxylic acid groups (broad SMARTS) is 1. The number of carbonyl (C=O) groups is 1. The fraction of sp³-hybridized carbons (Fsp3) is 0.636. The van der Waals surface area contributed by atoms with Gasteiger partial charge in [-0.2, -0.15) is 0 Å². The Hall–Kier alpha value is -2.36. The van der Waals surface area contributed by atoms with Gasteiger partial charge in [-0.1, -0.05) is 0 Å². The maximum Gasteiger partial charge on any atom is 0.414 e. The molecule has 10 heteroatoms. The predicted octanol–water partition coefficient (Wildman–Crippen LogP) is -0.152. The average Bonchev–Trinajstić information content (AvgIpc) is 2.97. The van der Waals surface area contributed by atoms with E-state index in [4.69, 9.17) is 9.84 Å².